The van der Waals surface area contributed by atoms with Crippen molar-refractivity contribution in [2.24, 2.45) is 0 Å². The summed E-state index contributed by atoms with van der Waals surface area (Å²) in [6.45, 7) is 0. The Balaban J connectivity index is 2.23. The van der Waals surface area contributed by atoms with Gasteiger partial charge in [0.05, 0.1) is 13.2 Å². The number of ether oxygens (including phenoxy) is 1. The second-order valence-corrected chi connectivity index (χ2v) is 4.21. The lowest BCUT2D eigenvalue weighted by Gasteiger charge is -2.13. The van der Waals surface area contributed by atoms with Crippen LogP contribution in [0, 0.1) is 11.6 Å². The maximum absolute atomic E-state index is 13.9. The van der Waals surface area contributed by atoms with Gasteiger partial charge in [0, 0.05) is 12.0 Å². The minimum absolute atomic E-state index is 0.0794. The lowest BCUT2D eigenvalue weighted by Crippen LogP contribution is -2.05. The topological polar surface area (TPSA) is 29.5 Å². The van der Waals surface area contributed by atoms with E-state index in [1.54, 1.807) is 18.2 Å². The monoisotopic (exact) mass is 264 g/mol. The van der Waals surface area contributed by atoms with Crippen LogP contribution in [-0.2, 0) is 6.42 Å². The summed E-state index contributed by atoms with van der Waals surface area (Å²) in [4.78, 5) is 0. The largest absolute Gasteiger partial charge is 0.494 e. The average molecular weight is 264 g/mol. The molecule has 0 fully saturated rings. The number of hydrogen-bond acceptors (Lipinski definition) is 2. The van der Waals surface area contributed by atoms with E-state index in [9.17, 15) is 13.9 Å². The first-order valence-corrected chi connectivity index (χ1v) is 5.86. The van der Waals surface area contributed by atoms with Crippen LogP contribution in [0.3, 0.4) is 0 Å². The van der Waals surface area contributed by atoms with E-state index >= 15 is 0 Å². The molecule has 0 aliphatic carbocycles. The van der Waals surface area contributed by atoms with Crippen molar-refractivity contribution in [2.45, 2.75) is 12.5 Å². The molecule has 19 heavy (non-hydrogen) atoms. The third-order valence-corrected chi connectivity index (χ3v) is 2.89. The van der Waals surface area contributed by atoms with E-state index in [0.717, 1.165) is 0 Å². The number of methoxy groups -OCH3 is 1. The molecule has 0 saturated carbocycles. The van der Waals surface area contributed by atoms with Gasteiger partial charge in [-0.05, 0) is 23.8 Å². The zero-order chi connectivity index (χ0) is 13.8. The second kappa shape index (κ2) is 5.80. The van der Waals surface area contributed by atoms with Crippen LogP contribution in [0.1, 0.15) is 17.2 Å². The lowest BCUT2D eigenvalue weighted by atomic mass is 10.0. The minimum Gasteiger partial charge on any atom is -0.494 e. The fraction of sp³-hybridized carbons (Fsp3) is 0.200. The summed E-state index contributed by atoms with van der Waals surface area (Å²) in [6.07, 6.45) is -0.904. The molecule has 2 nitrogen and oxygen atoms in total. The highest BCUT2D eigenvalue weighted by Crippen LogP contribution is 2.27. The van der Waals surface area contributed by atoms with E-state index in [2.05, 4.69) is 0 Å². The summed E-state index contributed by atoms with van der Waals surface area (Å²) in [7, 11) is 1.36. The van der Waals surface area contributed by atoms with E-state index < -0.39 is 11.9 Å². The van der Waals surface area contributed by atoms with Crippen molar-refractivity contribution in [1.82, 2.24) is 0 Å². The minimum atomic E-state index is -1.04. The van der Waals surface area contributed by atoms with Crippen LogP contribution in [0.2, 0.25) is 0 Å². The van der Waals surface area contributed by atoms with Gasteiger partial charge >= 0.3 is 0 Å². The van der Waals surface area contributed by atoms with E-state index in [4.69, 9.17) is 4.74 Å². The van der Waals surface area contributed by atoms with Crippen molar-refractivity contribution in [3.8, 4) is 5.75 Å². The third-order valence-electron chi connectivity index (χ3n) is 2.89. The molecule has 4 heteroatoms. The normalized spacial score (nSPS) is 12.2. The Labute approximate surface area is 110 Å². The molecular formula is C15H14F2O2. The summed E-state index contributed by atoms with van der Waals surface area (Å²) in [5, 5.41) is 10.0. The number of benzene rings is 2. The molecule has 0 saturated heterocycles. The summed E-state index contributed by atoms with van der Waals surface area (Å²) < 4.78 is 31.8. The van der Waals surface area contributed by atoms with Crippen molar-refractivity contribution in [3.05, 3.63) is 65.2 Å². The molecule has 2 aromatic carbocycles. The molecule has 1 atom stereocenters. The molecule has 1 N–H and O–H groups in total. The Kier molecular flexibility index (Phi) is 4.12. The summed E-state index contributed by atoms with van der Waals surface area (Å²) in [5.41, 5.74) is 0.748. The number of rotatable bonds is 4. The summed E-state index contributed by atoms with van der Waals surface area (Å²) >= 11 is 0. The SMILES string of the molecule is COc1cccc(C(O)Cc2cccc(F)c2)c1F. The van der Waals surface area contributed by atoms with Crippen LogP contribution in [0.15, 0.2) is 42.5 Å². The van der Waals surface area contributed by atoms with Gasteiger partial charge in [0.25, 0.3) is 0 Å². The Hall–Kier alpha value is -1.94. The predicted molar refractivity (Wildman–Crippen MR) is 68.0 cm³/mol. The van der Waals surface area contributed by atoms with Gasteiger partial charge < -0.3 is 9.84 Å². The molecule has 1 unspecified atom stereocenters. The zero-order valence-corrected chi connectivity index (χ0v) is 10.4. The molecule has 0 amide bonds. The highest BCUT2D eigenvalue weighted by Gasteiger charge is 2.16. The van der Waals surface area contributed by atoms with Crippen molar-refractivity contribution in [1.29, 1.82) is 0 Å². The highest BCUT2D eigenvalue weighted by atomic mass is 19.1. The van der Waals surface area contributed by atoms with Crippen molar-refractivity contribution < 1.29 is 18.6 Å². The van der Waals surface area contributed by atoms with Crippen LogP contribution >= 0.6 is 0 Å². The Morgan fingerprint density at radius 2 is 1.89 bits per heavy atom. The van der Waals surface area contributed by atoms with E-state index in [1.807, 2.05) is 0 Å². The van der Waals surface area contributed by atoms with E-state index in [-0.39, 0.29) is 23.6 Å². The molecule has 0 aromatic heterocycles. The van der Waals surface area contributed by atoms with Gasteiger partial charge in [-0.15, -0.1) is 0 Å². The third kappa shape index (κ3) is 3.09. The molecule has 0 heterocycles. The fourth-order valence-electron chi connectivity index (χ4n) is 1.94. The number of aliphatic hydroxyl groups is 1. The van der Waals surface area contributed by atoms with E-state index in [0.29, 0.717) is 5.56 Å². The first-order valence-electron chi connectivity index (χ1n) is 5.86. The molecule has 2 rings (SSSR count). The van der Waals surface area contributed by atoms with Crippen LogP contribution in [0.5, 0.6) is 5.75 Å². The Morgan fingerprint density at radius 3 is 2.58 bits per heavy atom. The zero-order valence-electron chi connectivity index (χ0n) is 10.4. The molecule has 0 radical (unpaired) electrons. The van der Waals surface area contributed by atoms with Gasteiger partial charge in [0.2, 0.25) is 0 Å². The van der Waals surface area contributed by atoms with Gasteiger partial charge in [-0.2, -0.15) is 0 Å². The van der Waals surface area contributed by atoms with Crippen LogP contribution < -0.4 is 4.74 Å². The number of aliphatic hydroxyl groups excluding tert-OH is 1. The lowest BCUT2D eigenvalue weighted by molar-refractivity contribution is 0.172. The van der Waals surface area contributed by atoms with Gasteiger partial charge in [-0.3, -0.25) is 0 Å². The first kappa shape index (κ1) is 13.5. The van der Waals surface area contributed by atoms with Gasteiger partial charge in [0.15, 0.2) is 11.6 Å². The van der Waals surface area contributed by atoms with Gasteiger partial charge in [0.1, 0.15) is 5.82 Å². The molecule has 0 aliphatic rings. The quantitative estimate of drug-likeness (QED) is 0.918. The van der Waals surface area contributed by atoms with Crippen LogP contribution in [0.25, 0.3) is 0 Å². The smallest absolute Gasteiger partial charge is 0.170 e. The molecule has 2 aromatic rings. The number of halogens is 2. The van der Waals surface area contributed by atoms with Crippen LogP contribution in [-0.4, -0.2) is 12.2 Å². The number of hydrogen-bond donors (Lipinski definition) is 1. The molecule has 0 aliphatic heterocycles. The molecule has 0 bridgehead atoms. The first-order chi connectivity index (χ1) is 9.11. The maximum Gasteiger partial charge on any atom is 0.170 e. The van der Waals surface area contributed by atoms with Gasteiger partial charge in [-0.1, -0.05) is 24.3 Å². The fourth-order valence-corrected chi connectivity index (χ4v) is 1.94. The Bertz CT molecular complexity index is 570. The molecule has 0 spiro atoms. The van der Waals surface area contributed by atoms with Gasteiger partial charge in [-0.25, -0.2) is 8.78 Å². The molecule has 100 valence electrons. The van der Waals surface area contributed by atoms with E-state index in [1.165, 1.54) is 31.4 Å². The summed E-state index contributed by atoms with van der Waals surface area (Å²) in [6, 6.07) is 10.5. The molecular weight excluding hydrogens is 250 g/mol. The predicted octanol–water partition coefficient (Wildman–Crippen LogP) is 3.25. The standard InChI is InChI=1S/C15H14F2O2/c1-19-14-7-3-6-12(15(14)17)13(18)9-10-4-2-5-11(16)8-10/h2-8,13,18H,9H2,1H3. The average Bonchev–Trinajstić information content (AvgIpc) is 2.39. The summed E-state index contributed by atoms with van der Waals surface area (Å²) in [5.74, 6) is -0.888. The highest BCUT2D eigenvalue weighted by molar-refractivity contribution is 5.33. The van der Waals surface area contributed by atoms with Crippen molar-refractivity contribution >= 4 is 0 Å². The van der Waals surface area contributed by atoms with Crippen LogP contribution in [0.4, 0.5) is 8.78 Å². The Morgan fingerprint density at radius 1 is 1.16 bits per heavy atom. The van der Waals surface area contributed by atoms with Crippen molar-refractivity contribution in [2.75, 3.05) is 7.11 Å². The maximum atomic E-state index is 13.9. The van der Waals surface area contributed by atoms with Crippen molar-refractivity contribution in [3.63, 3.8) is 0 Å². The second-order valence-electron chi connectivity index (χ2n) is 4.21.